The smallest absolute Gasteiger partial charge is 0.414 e. The quantitative estimate of drug-likeness (QED) is 0.473. The topological polar surface area (TPSA) is 79.3 Å². The van der Waals surface area contributed by atoms with E-state index in [1.54, 1.807) is 22.9 Å². The second kappa shape index (κ2) is 8.72. The molecular weight excluding hydrogens is 467 g/mol. The Morgan fingerprint density at radius 1 is 1.14 bits per heavy atom. The van der Waals surface area contributed by atoms with Gasteiger partial charge in [0.15, 0.2) is 5.60 Å². The summed E-state index contributed by atoms with van der Waals surface area (Å²) in [5.41, 5.74) is 1.49. The first-order valence-corrected chi connectivity index (χ1v) is 15.1. The SMILES string of the molecule is C[C@H]1[C@H]([Si](C)(C)F)[C@@H](CCO)O[C@]12C(=O)N(Cc1ccc(N3CCOC3=O)cc1)c1ccccc12. The summed E-state index contributed by atoms with van der Waals surface area (Å²) in [5, 5.41) is 9.64. The zero-order valence-corrected chi connectivity index (χ0v) is 21.2. The lowest BCUT2D eigenvalue weighted by atomic mass is 9.82. The predicted molar refractivity (Wildman–Crippen MR) is 133 cm³/mol. The molecule has 2 amide bonds. The van der Waals surface area contributed by atoms with Gasteiger partial charge in [-0.1, -0.05) is 37.3 Å². The lowest BCUT2D eigenvalue weighted by Crippen LogP contribution is -2.45. The number of aliphatic hydroxyl groups excluding tert-OH is 1. The van der Waals surface area contributed by atoms with E-state index in [2.05, 4.69) is 0 Å². The average Bonchev–Trinajstić information content (AvgIpc) is 3.45. The molecule has 0 aliphatic carbocycles. The number of nitrogens with zero attached hydrogens (tertiary/aromatic N) is 2. The highest BCUT2D eigenvalue weighted by Crippen LogP contribution is 2.60. The van der Waals surface area contributed by atoms with Crippen LogP contribution in [-0.4, -0.2) is 51.4 Å². The molecule has 0 unspecified atom stereocenters. The van der Waals surface area contributed by atoms with Gasteiger partial charge < -0.3 is 23.6 Å². The van der Waals surface area contributed by atoms with Crippen LogP contribution < -0.4 is 9.80 Å². The number of para-hydroxylation sites is 1. The summed E-state index contributed by atoms with van der Waals surface area (Å²) in [6.07, 6.45) is -0.576. The third-order valence-electron chi connectivity index (χ3n) is 7.63. The van der Waals surface area contributed by atoms with Gasteiger partial charge in [-0.25, -0.2) is 4.79 Å². The van der Waals surface area contributed by atoms with Gasteiger partial charge in [0.1, 0.15) is 6.61 Å². The summed E-state index contributed by atoms with van der Waals surface area (Å²) in [6.45, 7) is 6.31. The second-order valence-electron chi connectivity index (χ2n) is 10.1. The van der Waals surface area contributed by atoms with Gasteiger partial charge in [-0.05, 0) is 43.3 Å². The summed E-state index contributed by atoms with van der Waals surface area (Å²) in [5.74, 6) is -0.560. The fourth-order valence-electron chi connectivity index (χ4n) is 6.15. The van der Waals surface area contributed by atoms with Gasteiger partial charge in [-0.15, -0.1) is 0 Å². The van der Waals surface area contributed by atoms with Crippen molar-refractivity contribution in [3.8, 4) is 0 Å². The molecule has 2 fully saturated rings. The van der Waals surface area contributed by atoms with Crippen molar-refractivity contribution in [3.05, 3.63) is 59.7 Å². The summed E-state index contributed by atoms with van der Waals surface area (Å²) in [6, 6.07) is 15.1. The van der Waals surface area contributed by atoms with Crippen LogP contribution in [0.2, 0.25) is 18.6 Å². The van der Waals surface area contributed by atoms with Gasteiger partial charge in [-0.3, -0.25) is 9.69 Å². The number of carbonyl (C=O) groups is 2. The first-order chi connectivity index (χ1) is 16.7. The van der Waals surface area contributed by atoms with Crippen molar-refractivity contribution in [2.45, 2.75) is 50.2 Å². The number of rotatable bonds is 6. The molecule has 186 valence electrons. The summed E-state index contributed by atoms with van der Waals surface area (Å²) >= 11 is 0. The van der Waals surface area contributed by atoms with Crippen LogP contribution in [0.5, 0.6) is 0 Å². The highest BCUT2D eigenvalue weighted by atomic mass is 28.4. The summed E-state index contributed by atoms with van der Waals surface area (Å²) in [4.78, 5) is 29.3. The second-order valence-corrected chi connectivity index (χ2v) is 13.9. The van der Waals surface area contributed by atoms with E-state index in [-0.39, 0.29) is 24.5 Å². The molecule has 1 spiro atoms. The van der Waals surface area contributed by atoms with Crippen molar-refractivity contribution in [2.24, 2.45) is 5.92 Å². The largest absolute Gasteiger partial charge is 0.447 e. The van der Waals surface area contributed by atoms with E-state index in [1.165, 1.54) is 0 Å². The van der Waals surface area contributed by atoms with Crippen LogP contribution in [0.15, 0.2) is 48.5 Å². The Balaban J connectivity index is 1.48. The lowest BCUT2D eigenvalue weighted by Gasteiger charge is -2.31. The standard InChI is InChI=1S/C26H31FN2O5Si/c1-17-23(35(2,3)27)22(12-14-30)34-26(17)20-6-4-5-7-21(20)29(24(26)31)16-18-8-10-19(11-9-18)28-13-15-33-25(28)32/h4-11,17,22-23,30H,12-16H2,1-3H3/t17-,22+,23-,26+/m0/s1. The fraction of sp³-hybridized carbons (Fsp3) is 0.462. The third-order valence-corrected chi connectivity index (χ3v) is 10.1. The molecule has 3 aliphatic rings. The molecule has 9 heteroatoms. The van der Waals surface area contributed by atoms with Crippen molar-refractivity contribution >= 4 is 31.8 Å². The zero-order chi connectivity index (χ0) is 25.0. The highest BCUT2D eigenvalue weighted by molar-refractivity contribution is 6.72. The normalized spacial score (nSPS) is 28.2. The minimum Gasteiger partial charge on any atom is -0.447 e. The van der Waals surface area contributed by atoms with Crippen LogP contribution >= 0.6 is 0 Å². The van der Waals surface area contributed by atoms with Gasteiger partial charge in [-0.2, -0.15) is 0 Å². The Hall–Kier alpha value is -2.75. The van der Waals surface area contributed by atoms with Crippen molar-refractivity contribution in [1.82, 2.24) is 0 Å². The number of aliphatic hydroxyl groups is 1. The summed E-state index contributed by atoms with van der Waals surface area (Å²) < 4.78 is 27.0. The van der Waals surface area contributed by atoms with Crippen molar-refractivity contribution < 1.29 is 28.3 Å². The Morgan fingerprint density at radius 3 is 2.49 bits per heavy atom. The minimum absolute atomic E-state index is 0.120. The number of ether oxygens (including phenoxy) is 2. The van der Waals surface area contributed by atoms with E-state index in [0.717, 1.165) is 22.5 Å². The van der Waals surface area contributed by atoms with Gasteiger partial charge in [0, 0.05) is 29.3 Å². The molecular formula is C26H31FN2O5Si. The Kier molecular flexibility index (Phi) is 5.97. The number of hydrogen-bond donors (Lipinski definition) is 1. The molecule has 0 bridgehead atoms. The zero-order valence-electron chi connectivity index (χ0n) is 20.2. The molecule has 2 saturated heterocycles. The maximum Gasteiger partial charge on any atom is 0.414 e. The van der Waals surface area contributed by atoms with E-state index in [9.17, 15) is 14.7 Å². The molecule has 0 aromatic heterocycles. The maximum absolute atomic E-state index is 15.5. The number of halogens is 1. The maximum atomic E-state index is 15.5. The number of benzene rings is 2. The molecule has 35 heavy (non-hydrogen) atoms. The first kappa shape index (κ1) is 24.0. The average molecular weight is 499 g/mol. The highest BCUT2D eigenvalue weighted by Gasteiger charge is 2.66. The lowest BCUT2D eigenvalue weighted by molar-refractivity contribution is -0.146. The molecule has 3 aliphatic heterocycles. The van der Waals surface area contributed by atoms with Gasteiger partial charge in [0.2, 0.25) is 8.41 Å². The predicted octanol–water partition coefficient (Wildman–Crippen LogP) is 4.35. The molecule has 7 nitrogen and oxygen atoms in total. The van der Waals surface area contributed by atoms with E-state index < -0.39 is 25.7 Å². The molecule has 1 N–H and O–H groups in total. The van der Waals surface area contributed by atoms with E-state index in [1.807, 2.05) is 55.5 Å². The van der Waals surface area contributed by atoms with Crippen molar-refractivity contribution in [2.75, 3.05) is 29.6 Å². The number of carbonyl (C=O) groups excluding carboxylic acids is 2. The Morgan fingerprint density at radius 2 is 1.86 bits per heavy atom. The van der Waals surface area contributed by atoms with Crippen LogP contribution in [0, 0.1) is 5.92 Å². The molecule has 0 saturated carbocycles. The molecule has 2 aromatic carbocycles. The first-order valence-electron chi connectivity index (χ1n) is 12.1. The fourth-order valence-corrected chi connectivity index (χ4v) is 8.69. The van der Waals surface area contributed by atoms with E-state index >= 15 is 4.11 Å². The number of hydrogen-bond acceptors (Lipinski definition) is 5. The van der Waals surface area contributed by atoms with Crippen LogP contribution in [0.25, 0.3) is 0 Å². The van der Waals surface area contributed by atoms with E-state index in [0.29, 0.717) is 26.1 Å². The number of anilines is 2. The van der Waals surface area contributed by atoms with Gasteiger partial charge in [0.25, 0.3) is 5.91 Å². The molecule has 2 aromatic rings. The monoisotopic (exact) mass is 498 g/mol. The number of amides is 2. The van der Waals surface area contributed by atoms with Crippen LogP contribution in [-0.2, 0) is 26.4 Å². The minimum atomic E-state index is -3.20. The van der Waals surface area contributed by atoms with Crippen molar-refractivity contribution in [1.29, 1.82) is 0 Å². The Labute approximate surface area is 205 Å². The number of fused-ring (bicyclic) bond motifs is 2. The molecule has 0 radical (unpaired) electrons. The Bertz CT molecular complexity index is 1140. The molecule has 3 heterocycles. The van der Waals surface area contributed by atoms with Gasteiger partial charge >= 0.3 is 6.09 Å². The molecule has 4 atom stereocenters. The molecule has 5 rings (SSSR count). The number of cyclic esters (lactones) is 1. The van der Waals surface area contributed by atoms with Crippen LogP contribution in [0.1, 0.15) is 24.5 Å². The van der Waals surface area contributed by atoms with Crippen LogP contribution in [0.3, 0.4) is 0 Å². The van der Waals surface area contributed by atoms with E-state index in [4.69, 9.17) is 9.47 Å². The third kappa shape index (κ3) is 3.77. The summed E-state index contributed by atoms with van der Waals surface area (Å²) in [7, 11) is -3.20. The van der Waals surface area contributed by atoms with Crippen molar-refractivity contribution in [3.63, 3.8) is 0 Å². The van der Waals surface area contributed by atoms with Crippen LogP contribution in [0.4, 0.5) is 20.3 Å². The van der Waals surface area contributed by atoms with Gasteiger partial charge in [0.05, 0.1) is 24.9 Å².